The maximum absolute atomic E-state index is 5.93. The van der Waals surface area contributed by atoms with Gasteiger partial charge in [-0.05, 0) is 43.0 Å². The van der Waals surface area contributed by atoms with Crippen molar-refractivity contribution in [1.29, 1.82) is 0 Å². The van der Waals surface area contributed by atoms with Gasteiger partial charge in [-0.15, -0.1) is 0 Å². The van der Waals surface area contributed by atoms with Crippen LogP contribution < -0.4 is 5.32 Å². The maximum atomic E-state index is 5.93. The fourth-order valence-electron chi connectivity index (χ4n) is 3.35. The van der Waals surface area contributed by atoms with Crippen molar-refractivity contribution < 1.29 is 9.47 Å². The lowest BCUT2D eigenvalue weighted by Gasteiger charge is -2.37. The molecule has 3 rings (SSSR count). The average molecular weight is 396 g/mol. The van der Waals surface area contributed by atoms with Crippen LogP contribution >= 0.6 is 15.9 Å². The summed E-state index contributed by atoms with van der Waals surface area (Å²) in [7, 11) is 1.84. The van der Waals surface area contributed by atoms with E-state index in [1.165, 1.54) is 11.1 Å². The molecule has 2 fully saturated rings. The molecule has 132 valence electrons. The van der Waals surface area contributed by atoms with Crippen molar-refractivity contribution >= 4 is 21.9 Å². The molecular formula is C18H26BrN3O2. The van der Waals surface area contributed by atoms with E-state index in [4.69, 9.17) is 9.47 Å². The highest BCUT2D eigenvalue weighted by Crippen LogP contribution is 2.21. The first-order chi connectivity index (χ1) is 11.7. The normalized spacial score (nSPS) is 25.1. The number of guanidine groups is 1. The minimum atomic E-state index is 0.147. The van der Waals surface area contributed by atoms with E-state index in [1.807, 2.05) is 7.05 Å². The predicted molar refractivity (Wildman–Crippen MR) is 99.4 cm³/mol. The molecule has 1 aromatic rings. The fourth-order valence-corrected chi connectivity index (χ4v) is 3.83. The summed E-state index contributed by atoms with van der Waals surface area (Å²) in [6.45, 7) is 6.19. The first-order valence-corrected chi connectivity index (χ1v) is 9.40. The number of aryl methyl sites for hydroxylation is 1. The van der Waals surface area contributed by atoms with Crippen molar-refractivity contribution in [2.75, 3.05) is 33.4 Å². The Morgan fingerprint density at radius 3 is 2.88 bits per heavy atom. The molecule has 1 N–H and O–H groups in total. The summed E-state index contributed by atoms with van der Waals surface area (Å²) >= 11 is 3.51. The number of rotatable bonds is 3. The Balaban J connectivity index is 1.59. The summed E-state index contributed by atoms with van der Waals surface area (Å²) in [5.41, 5.74) is 2.55. The van der Waals surface area contributed by atoms with Crippen molar-refractivity contribution in [3.05, 3.63) is 33.8 Å². The first-order valence-electron chi connectivity index (χ1n) is 8.61. The number of ether oxygens (including phenoxy) is 2. The lowest BCUT2D eigenvalue weighted by Crippen LogP contribution is -2.53. The molecule has 1 aromatic carbocycles. The number of morpholine rings is 1. The lowest BCUT2D eigenvalue weighted by molar-refractivity contribution is -0.0817. The van der Waals surface area contributed by atoms with Crippen molar-refractivity contribution in [2.24, 2.45) is 4.99 Å². The monoisotopic (exact) mass is 395 g/mol. The molecule has 0 spiro atoms. The van der Waals surface area contributed by atoms with E-state index in [9.17, 15) is 0 Å². The SMILES string of the molecule is CN=C(NCc1ccc(Br)cc1C)N1CCOC(C2CCCO2)C1. The lowest BCUT2D eigenvalue weighted by atomic mass is 10.1. The van der Waals surface area contributed by atoms with Crippen LogP contribution in [0.25, 0.3) is 0 Å². The van der Waals surface area contributed by atoms with Crippen molar-refractivity contribution in [3.8, 4) is 0 Å². The van der Waals surface area contributed by atoms with Gasteiger partial charge < -0.3 is 19.7 Å². The number of hydrogen-bond donors (Lipinski definition) is 1. The second-order valence-electron chi connectivity index (χ2n) is 6.38. The average Bonchev–Trinajstić information content (AvgIpc) is 3.12. The third kappa shape index (κ3) is 4.29. The van der Waals surface area contributed by atoms with Gasteiger partial charge in [-0.25, -0.2) is 0 Å². The quantitative estimate of drug-likeness (QED) is 0.631. The van der Waals surface area contributed by atoms with Gasteiger partial charge in [0.15, 0.2) is 5.96 Å². The third-order valence-electron chi connectivity index (χ3n) is 4.73. The molecule has 0 radical (unpaired) electrons. The van der Waals surface area contributed by atoms with Gasteiger partial charge in [-0.3, -0.25) is 4.99 Å². The molecule has 2 aliphatic heterocycles. The molecular weight excluding hydrogens is 370 g/mol. The van der Waals surface area contributed by atoms with Crippen LogP contribution in [0.1, 0.15) is 24.0 Å². The minimum Gasteiger partial charge on any atom is -0.375 e. The molecule has 2 saturated heterocycles. The molecule has 6 heteroatoms. The van der Waals surface area contributed by atoms with Gasteiger partial charge in [0.25, 0.3) is 0 Å². The van der Waals surface area contributed by atoms with Crippen LogP contribution in [-0.4, -0.2) is 56.4 Å². The smallest absolute Gasteiger partial charge is 0.194 e. The summed E-state index contributed by atoms with van der Waals surface area (Å²) < 4.78 is 12.8. The van der Waals surface area contributed by atoms with Gasteiger partial charge in [0.2, 0.25) is 0 Å². The van der Waals surface area contributed by atoms with Crippen LogP contribution in [0, 0.1) is 6.92 Å². The number of aliphatic imine (C=N–C) groups is 1. The Hall–Kier alpha value is -1.11. The van der Waals surface area contributed by atoms with Gasteiger partial charge in [0, 0.05) is 37.8 Å². The van der Waals surface area contributed by atoms with Gasteiger partial charge in [-0.1, -0.05) is 22.0 Å². The maximum Gasteiger partial charge on any atom is 0.194 e. The van der Waals surface area contributed by atoms with Crippen molar-refractivity contribution in [1.82, 2.24) is 10.2 Å². The van der Waals surface area contributed by atoms with E-state index in [-0.39, 0.29) is 12.2 Å². The number of nitrogens with one attached hydrogen (secondary N) is 1. The van der Waals surface area contributed by atoms with Gasteiger partial charge in [0.1, 0.15) is 6.10 Å². The van der Waals surface area contributed by atoms with Gasteiger partial charge >= 0.3 is 0 Å². The zero-order valence-electron chi connectivity index (χ0n) is 14.4. The summed E-state index contributed by atoms with van der Waals surface area (Å²) in [6.07, 6.45) is 2.62. The summed E-state index contributed by atoms with van der Waals surface area (Å²) in [4.78, 5) is 6.74. The predicted octanol–water partition coefficient (Wildman–Crippen LogP) is 2.71. The van der Waals surface area contributed by atoms with Crippen LogP contribution in [0.2, 0.25) is 0 Å². The van der Waals surface area contributed by atoms with E-state index in [0.29, 0.717) is 0 Å². The number of hydrogen-bond acceptors (Lipinski definition) is 3. The molecule has 0 bridgehead atoms. The number of nitrogens with zero attached hydrogens (tertiary/aromatic N) is 2. The fraction of sp³-hybridized carbons (Fsp3) is 0.611. The highest BCUT2D eigenvalue weighted by Gasteiger charge is 2.32. The topological polar surface area (TPSA) is 46.1 Å². The molecule has 0 saturated carbocycles. The zero-order valence-corrected chi connectivity index (χ0v) is 16.0. The Morgan fingerprint density at radius 2 is 2.17 bits per heavy atom. The number of halogens is 1. The Labute approximate surface area is 152 Å². The van der Waals surface area contributed by atoms with E-state index >= 15 is 0 Å². The van der Waals surface area contributed by atoms with Crippen LogP contribution in [0.3, 0.4) is 0 Å². The molecule has 2 heterocycles. The number of benzene rings is 1. The zero-order chi connectivity index (χ0) is 16.9. The Morgan fingerprint density at radius 1 is 1.33 bits per heavy atom. The summed E-state index contributed by atoms with van der Waals surface area (Å²) in [5, 5.41) is 3.49. The van der Waals surface area contributed by atoms with Gasteiger partial charge in [0.05, 0.1) is 12.7 Å². The highest BCUT2D eigenvalue weighted by atomic mass is 79.9. The van der Waals surface area contributed by atoms with Crippen LogP contribution in [0.5, 0.6) is 0 Å². The van der Waals surface area contributed by atoms with E-state index in [2.05, 4.69) is 56.3 Å². The Kier molecular flexibility index (Phi) is 6.14. The van der Waals surface area contributed by atoms with E-state index in [0.717, 1.165) is 56.1 Å². The molecule has 5 nitrogen and oxygen atoms in total. The van der Waals surface area contributed by atoms with Crippen LogP contribution in [-0.2, 0) is 16.0 Å². The Bertz CT molecular complexity index is 588. The second-order valence-corrected chi connectivity index (χ2v) is 7.29. The molecule has 2 atom stereocenters. The standard InChI is InChI=1S/C18H26BrN3O2/c1-13-10-15(19)6-5-14(13)11-21-18(20-2)22-7-9-24-17(12-22)16-4-3-8-23-16/h5-6,10,16-17H,3-4,7-9,11-12H2,1-2H3,(H,20,21). The first kappa shape index (κ1) is 17.7. The van der Waals surface area contributed by atoms with Crippen LogP contribution in [0.15, 0.2) is 27.7 Å². The molecule has 2 aliphatic rings. The second kappa shape index (κ2) is 8.32. The summed E-state index contributed by atoms with van der Waals surface area (Å²) in [5.74, 6) is 0.934. The third-order valence-corrected chi connectivity index (χ3v) is 5.22. The van der Waals surface area contributed by atoms with Gasteiger partial charge in [-0.2, -0.15) is 0 Å². The summed E-state index contributed by atoms with van der Waals surface area (Å²) in [6, 6.07) is 6.37. The van der Waals surface area contributed by atoms with Crippen molar-refractivity contribution in [2.45, 2.75) is 38.5 Å². The van der Waals surface area contributed by atoms with Crippen LogP contribution in [0.4, 0.5) is 0 Å². The molecule has 24 heavy (non-hydrogen) atoms. The van der Waals surface area contributed by atoms with E-state index < -0.39 is 0 Å². The molecule has 0 aliphatic carbocycles. The largest absolute Gasteiger partial charge is 0.375 e. The minimum absolute atomic E-state index is 0.147. The molecule has 2 unspecified atom stereocenters. The van der Waals surface area contributed by atoms with Crippen molar-refractivity contribution in [3.63, 3.8) is 0 Å². The highest BCUT2D eigenvalue weighted by molar-refractivity contribution is 9.10. The van der Waals surface area contributed by atoms with E-state index in [1.54, 1.807) is 0 Å². The molecule has 0 amide bonds. The molecule has 0 aromatic heterocycles.